The molecule has 0 aliphatic carbocycles. The summed E-state index contributed by atoms with van der Waals surface area (Å²) in [7, 11) is -3.21. The fourth-order valence-electron chi connectivity index (χ4n) is 2.70. The van der Waals surface area contributed by atoms with E-state index < -0.39 is 10.0 Å². The minimum absolute atomic E-state index is 0.516. The van der Waals surface area contributed by atoms with Crippen LogP contribution in [0.4, 0.5) is 11.4 Å². The van der Waals surface area contributed by atoms with Crippen LogP contribution in [-0.4, -0.2) is 26.2 Å². The van der Waals surface area contributed by atoms with Gasteiger partial charge >= 0.3 is 0 Å². The Morgan fingerprint density at radius 1 is 1.36 bits per heavy atom. The number of nitrogens with one attached hydrogen (secondary N) is 1. The number of benzene rings is 1. The molecule has 0 amide bonds. The first-order valence-electron chi connectivity index (χ1n) is 7.12. The van der Waals surface area contributed by atoms with E-state index in [4.69, 9.17) is 0 Å². The highest BCUT2D eigenvalue weighted by Crippen LogP contribution is 2.35. The molecule has 1 N–H and O–H groups in total. The van der Waals surface area contributed by atoms with E-state index >= 15 is 0 Å². The second-order valence-corrected chi connectivity index (χ2v) is 8.69. The van der Waals surface area contributed by atoms with Crippen LogP contribution >= 0.6 is 11.3 Å². The van der Waals surface area contributed by atoms with Crippen molar-refractivity contribution >= 4 is 32.7 Å². The highest BCUT2D eigenvalue weighted by atomic mass is 32.2. The highest BCUT2D eigenvalue weighted by molar-refractivity contribution is 7.92. The summed E-state index contributed by atoms with van der Waals surface area (Å²) in [6.45, 7) is 5.26. The van der Waals surface area contributed by atoms with Gasteiger partial charge in [0, 0.05) is 22.7 Å². The zero-order valence-corrected chi connectivity index (χ0v) is 14.5. The first kappa shape index (κ1) is 15.3. The van der Waals surface area contributed by atoms with Gasteiger partial charge in [-0.2, -0.15) is 0 Å². The quantitative estimate of drug-likeness (QED) is 0.932. The van der Waals surface area contributed by atoms with Gasteiger partial charge in [-0.05, 0) is 32.4 Å². The topological polar surface area (TPSA) is 62.3 Å². The zero-order chi connectivity index (χ0) is 15.9. The molecular formula is C15H19N3O2S2. The average Bonchev–Trinajstić information content (AvgIpc) is 3.00. The Kier molecular flexibility index (Phi) is 3.86. The van der Waals surface area contributed by atoms with Crippen LogP contribution < -0.4 is 9.62 Å². The van der Waals surface area contributed by atoms with Gasteiger partial charge in [-0.25, -0.2) is 13.4 Å². The number of fused-ring (bicyclic) bond motifs is 1. The summed E-state index contributed by atoms with van der Waals surface area (Å²) in [5.41, 5.74) is 3.93. The minimum Gasteiger partial charge on any atom is -0.378 e. The van der Waals surface area contributed by atoms with Crippen molar-refractivity contribution in [1.82, 2.24) is 4.98 Å². The molecule has 1 aromatic carbocycles. The summed E-state index contributed by atoms with van der Waals surface area (Å²) in [4.78, 5) is 5.76. The van der Waals surface area contributed by atoms with Crippen molar-refractivity contribution in [3.05, 3.63) is 39.3 Å². The van der Waals surface area contributed by atoms with Crippen LogP contribution in [-0.2, 0) is 23.0 Å². The van der Waals surface area contributed by atoms with E-state index in [1.807, 2.05) is 25.1 Å². The van der Waals surface area contributed by atoms with Crippen molar-refractivity contribution in [2.24, 2.45) is 0 Å². The second-order valence-electron chi connectivity index (χ2n) is 5.49. The Balaban J connectivity index is 1.83. The number of anilines is 2. The van der Waals surface area contributed by atoms with Crippen molar-refractivity contribution in [3.63, 3.8) is 0 Å². The molecule has 0 atom stereocenters. The number of hydrogen-bond donors (Lipinski definition) is 1. The Bertz CT molecular complexity index is 793. The first-order chi connectivity index (χ1) is 10.4. The number of aryl methyl sites for hydroxylation is 2. The highest BCUT2D eigenvalue weighted by Gasteiger charge is 2.27. The average molecular weight is 337 g/mol. The van der Waals surface area contributed by atoms with Gasteiger partial charge < -0.3 is 5.32 Å². The Morgan fingerprint density at radius 2 is 2.14 bits per heavy atom. The largest absolute Gasteiger partial charge is 0.378 e. The van der Waals surface area contributed by atoms with Crippen LogP contribution in [0.15, 0.2) is 18.2 Å². The van der Waals surface area contributed by atoms with Gasteiger partial charge in [-0.15, -0.1) is 11.3 Å². The summed E-state index contributed by atoms with van der Waals surface area (Å²) < 4.78 is 25.1. The molecule has 118 valence electrons. The molecule has 0 radical (unpaired) electrons. The van der Waals surface area contributed by atoms with Crippen LogP contribution in [0.25, 0.3) is 0 Å². The van der Waals surface area contributed by atoms with Crippen LogP contribution in [0, 0.1) is 13.8 Å². The van der Waals surface area contributed by atoms with Crippen LogP contribution in [0.3, 0.4) is 0 Å². The molecule has 0 saturated carbocycles. The second kappa shape index (κ2) is 5.55. The van der Waals surface area contributed by atoms with Gasteiger partial charge in [-0.1, -0.05) is 6.07 Å². The van der Waals surface area contributed by atoms with E-state index in [0.29, 0.717) is 13.1 Å². The molecule has 0 fully saturated rings. The van der Waals surface area contributed by atoms with Crippen LogP contribution in [0.1, 0.15) is 21.1 Å². The zero-order valence-electron chi connectivity index (χ0n) is 12.9. The van der Waals surface area contributed by atoms with E-state index in [9.17, 15) is 8.42 Å². The number of nitrogens with zero attached hydrogens (tertiary/aromatic N) is 2. The molecule has 0 spiro atoms. The summed E-state index contributed by atoms with van der Waals surface area (Å²) >= 11 is 1.69. The van der Waals surface area contributed by atoms with Crippen molar-refractivity contribution < 1.29 is 8.42 Å². The van der Waals surface area contributed by atoms with Gasteiger partial charge in [0.25, 0.3) is 0 Å². The van der Waals surface area contributed by atoms with Gasteiger partial charge in [0.1, 0.15) is 5.01 Å². The summed E-state index contributed by atoms with van der Waals surface area (Å²) in [6.07, 6.45) is 1.99. The SMILES string of the molecule is Cc1nc(CNc2cccc3c2CCN3S(C)(=O)=O)sc1C. The number of sulfonamides is 1. The maximum absolute atomic E-state index is 11.8. The lowest BCUT2D eigenvalue weighted by molar-refractivity contribution is 0.598. The summed E-state index contributed by atoms with van der Waals surface area (Å²) in [6, 6.07) is 5.76. The monoisotopic (exact) mass is 337 g/mol. The lowest BCUT2D eigenvalue weighted by Crippen LogP contribution is -2.27. The molecule has 1 aliphatic rings. The molecule has 0 unspecified atom stereocenters. The molecule has 1 aliphatic heterocycles. The third-order valence-corrected chi connectivity index (χ3v) is 6.14. The number of hydrogen-bond acceptors (Lipinski definition) is 5. The molecule has 2 aromatic rings. The number of thiazole rings is 1. The molecule has 7 heteroatoms. The molecule has 1 aromatic heterocycles. The Labute approximate surface area is 135 Å². The van der Waals surface area contributed by atoms with Gasteiger partial charge in [0.2, 0.25) is 10.0 Å². The standard InChI is InChI=1S/C15H19N3O2S2/c1-10-11(2)21-15(17-10)9-16-13-5-4-6-14-12(13)7-8-18(14)22(3,19)20/h4-6,16H,7-9H2,1-3H3. The smallest absolute Gasteiger partial charge is 0.232 e. The predicted molar refractivity (Wildman–Crippen MR) is 91.3 cm³/mol. The van der Waals surface area contributed by atoms with E-state index in [-0.39, 0.29) is 0 Å². The van der Waals surface area contributed by atoms with Crippen molar-refractivity contribution in [3.8, 4) is 0 Å². The molecule has 22 heavy (non-hydrogen) atoms. The number of rotatable bonds is 4. The lowest BCUT2D eigenvalue weighted by atomic mass is 10.1. The summed E-state index contributed by atoms with van der Waals surface area (Å²) in [5, 5.41) is 4.45. The van der Waals surface area contributed by atoms with Gasteiger partial charge in [0.05, 0.1) is 24.2 Å². The Morgan fingerprint density at radius 3 is 2.77 bits per heavy atom. The summed E-state index contributed by atoms with van der Waals surface area (Å²) in [5.74, 6) is 0. The van der Waals surface area contributed by atoms with Crippen molar-refractivity contribution in [2.45, 2.75) is 26.8 Å². The fourth-order valence-corrected chi connectivity index (χ4v) is 4.53. The Hall–Kier alpha value is -1.60. The normalized spacial score (nSPS) is 14.2. The molecular weight excluding hydrogens is 318 g/mol. The van der Waals surface area contributed by atoms with Gasteiger partial charge in [0.15, 0.2) is 0 Å². The third-order valence-electron chi connectivity index (χ3n) is 3.89. The van der Waals surface area contributed by atoms with E-state index in [1.54, 1.807) is 11.3 Å². The number of aromatic nitrogens is 1. The maximum atomic E-state index is 11.8. The minimum atomic E-state index is -3.21. The van der Waals surface area contributed by atoms with E-state index in [1.165, 1.54) is 15.4 Å². The van der Waals surface area contributed by atoms with Crippen LogP contribution in [0.2, 0.25) is 0 Å². The molecule has 0 saturated heterocycles. The predicted octanol–water partition coefficient (Wildman–Crippen LogP) is 2.69. The van der Waals surface area contributed by atoms with Gasteiger partial charge in [-0.3, -0.25) is 4.31 Å². The molecule has 0 bridgehead atoms. The van der Waals surface area contributed by atoms with Crippen LogP contribution in [0.5, 0.6) is 0 Å². The molecule has 5 nitrogen and oxygen atoms in total. The molecule has 3 rings (SSSR count). The fraction of sp³-hybridized carbons (Fsp3) is 0.400. The van der Waals surface area contributed by atoms with E-state index in [0.717, 1.165) is 34.1 Å². The van der Waals surface area contributed by atoms with Crippen molar-refractivity contribution in [2.75, 3.05) is 22.4 Å². The lowest BCUT2D eigenvalue weighted by Gasteiger charge is -2.17. The molecule has 2 heterocycles. The van der Waals surface area contributed by atoms with E-state index in [2.05, 4.69) is 17.2 Å². The third kappa shape index (κ3) is 2.83. The van der Waals surface area contributed by atoms with Crippen molar-refractivity contribution in [1.29, 1.82) is 0 Å². The maximum Gasteiger partial charge on any atom is 0.232 e. The first-order valence-corrected chi connectivity index (χ1v) is 9.79.